The van der Waals surface area contributed by atoms with Crippen LogP contribution in [0, 0.1) is 6.92 Å². The molecule has 4 aromatic rings. The fraction of sp³-hybridized carbons (Fsp3) is 0.143. The van der Waals surface area contributed by atoms with Crippen molar-refractivity contribution in [2.75, 3.05) is 19.0 Å². The van der Waals surface area contributed by atoms with Crippen LogP contribution in [0.2, 0.25) is 0 Å². The van der Waals surface area contributed by atoms with Crippen LogP contribution in [0.15, 0.2) is 68.3 Å². The number of aryl methyl sites for hydroxylation is 1. The Kier molecular flexibility index (Phi) is 4.50. The number of aromatic nitrogens is 1. The van der Waals surface area contributed by atoms with Crippen LogP contribution in [0.5, 0.6) is 0 Å². The summed E-state index contributed by atoms with van der Waals surface area (Å²) in [5.41, 5.74) is 2.33. The minimum atomic E-state index is -4.27. The van der Waals surface area contributed by atoms with Crippen LogP contribution < -0.4 is 10.0 Å². The van der Waals surface area contributed by atoms with Crippen molar-refractivity contribution in [3.05, 3.63) is 66.1 Å². The van der Waals surface area contributed by atoms with Gasteiger partial charge in [-0.15, -0.1) is 0 Å². The number of hydrogen-bond acceptors (Lipinski definition) is 6. The second-order valence-electron chi connectivity index (χ2n) is 6.88. The molecule has 0 spiro atoms. The number of hydrogen-bond donors (Lipinski definition) is 0. The van der Waals surface area contributed by atoms with Crippen molar-refractivity contribution < 1.29 is 17.9 Å². The largest absolute Gasteiger partial charge is 0.855 e. The number of sulfonamides is 1. The summed E-state index contributed by atoms with van der Waals surface area (Å²) in [5, 5.41) is 13.9. The van der Waals surface area contributed by atoms with Gasteiger partial charge in [0.05, 0.1) is 5.52 Å². The smallest absolute Gasteiger partial charge is 0.284 e. The highest BCUT2D eigenvalue weighted by Gasteiger charge is 2.18. The number of nitrogens with zero attached hydrogens (tertiary/aromatic N) is 3. The third-order valence-corrected chi connectivity index (χ3v) is 5.83. The van der Waals surface area contributed by atoms with Gasteiger partial charge in [-0.25, -0.2) is 0 Å². The molecule has 2 aromatic carbocycles. The van der Waals surface area contributed by atoms with Crippen molar-refractivity contribution in [2.24, 2.45) is 4.40 Å². The maximum atomic E-state index is 12.8. The number of furan rings is 1. The molecule has 2 aromatic heterocycles. The third kappa shape index (κ3) is 3.54. The predicted molar refractivity (Wildman–Crippen MR) is 111 cm³/mol. The molecule has 0 saturated heterocycles. The van der Waals surface area contributed by atoms with E-state index in [0.717, 1.165) is 5.69 Å². The highest BCUT2D eigenvalue weighted by molar-refractivity contribution is 7.90. The molecule has 2 heterocycles. The summed E-state index contributed by atoms with van der Waals surface area (Å²) >= 11 is 0. The van der Waals surface area contributed by atoms with E-state index in [-0.39, 0.29) is 16.2 Å². The van der Waals surface area contributed by atoms with E-state index in [4.69, 9.17) is 4.42 Å². The number of pyridine rings is 1. The molecule has 0 N–H and O–H groups in total. The standard InChI is InChI=1S/C21H19N3O4S/c1-13-7-8-14-5-4-6-19(20(14)22-13)29(26,27)23-21(25)18-11-15-9-10-16(24(2)3)12-17(15)28-18/h4-12H,1-3H3,(H,23,25)/p-1. The fourth-order valence-corrected chi connectivity index (χ4v) is 4.10. The van der Waals surface area contributed by atoms with Gasteiger partial charge in [-0.1, -0.05) is 18.2 Å². The summed E-state index contributed by atoms with van der Waals surface area (Å²) in [7, 11) is -0.492. The quantitative estimate of drug-likeness (QED) is 0.380. The van der Waals surface area contributed by atoms with Gasteiger partial charge in [0.1, 0.15) is 16.2 Å². The zero-order valence-corrected chi connectivity index (χ0v) is 16.9. The van der Waals surface area contributed by atoms with E-state index in [2.05, 4.69) is 9.38 Å². The van der Waals surface area contributed by atoms with Crippen LogP contribution >= 0.6 is 0 Å². The first kappa shape index (κ1) is 18.9. The molecule has 0 amide bonds. The zero-order valence-electron chi connectivity index (χ0n) is 16.1. The maximum absolute atomic E-state index is 12.8. The molecule has 0 aliphatic heterocycles. The monoisotopic (exact) mass is 408 g/mol. The molecule has 0 aliphatic rings. The molecule has 7 nitrogen and oxygen atoms in total. The lowest BCUT2D eigenvalue weighted by Crippen LogP contribution is -2.20. The molecular formula is C21H18N3O4S-. The van der Waals surface area contributed by atoms with Gasteiger partial charge in [0.25, 0.3) is 10.0 Å². The van der Waals surface area contributed by atoms with Crippen molar-refractivity contribution in [3.8, 4) is 0 Å². The zero-order chi connectivity index (χ0) is 20.8. The molecule has 4 rings (SSSR count). The molecule has 148 valence electrons. The van der Waals surface area contributed by atoms with Gasteiger partial charge in [-0.2, -0.15) is 12.8 Å². The Bertz CT molecular complexity index is 1370. The Labute approximate surface area is 168 Å². The molecule has 0 radical (unpaired) electrons. The highest BCUT2D eigenvalue weighted by Crippen LogP contribution is 2.26. The Morgan fingerprint density at radius 2 is 1.83 bits per heavy atom. The van der Waals surface area contributed by atoms with E-state index in [1.165, 1.54) is 12.1 Å². The fourth-order valence-electron chi connectivity index (χ4n) is 3.03. The SMILES string of the molecule is Cc1ccc2cccc(S(=O)(=O)/N=C(\[O-])c3cc4ccc(N(C)C)cc4o3)c2n1. The van der Waals surface area contributed by atoms with E-state index in [9.17, 15) is 13.5 Å². The molecule has 0 unspecified atom stereocenters. The van der Waals surface area contributed by atoms with Gasteiger partial charge in [-0.05, 0) is 37.3 Å². The first-order valence-electron chi connectivity index (χ1n) is 8.84. The average Bonchev–Trinajstić information content (AvgIpc) is 3.10. The van der Waals surface area contributed by atoms with Crippen LogP contribution in [-0.4, -0.2) is 33.4 Å². The molecule has 0 atom stereocenters. The van der Waals surface area contributed by atoms with E-state index in [0.29, 0.717) is 22.0 Å². The minimum Gasteiger partial charge on any atom is -0.855 e. The molecule has 0 bridgehead atoms. The van der Waals surface area contributed by atoms with Crippen molar-refractivity contribution in [2.45, 2.75) is 11.8 Å². The van der Waals surface area contributed by atoms with Gasteiger partial charge >= 0.3 is 0 Å². The third-order valence-electron chi connectivity index (χ3n) is 4.53. The molecule has 8 heteroatoms. The first-order valence-corrected chi connectivity index (χ1v) is 10.3. The summed E-state index contributed by atoms with van der Waals surface area (Å²) in [6.45, 7) is 1.77. The minimum absolute atomic E-state index is 0.113. The summed E-state index contributed by atoms with van der Waals surface area (Å²) in [6.07, 6.45) is 0. The normalized spacial score (nSPS) is 12.6. The summed E-state index contributed by atoms with van der Waals surface area (Å²) in [6, 6.07) is 15.3. The van der Waals surface area contributed by atoms with Crippen molar-refractivity contribution in [1.82, 2.24) is 4.98 Å². The lowest BCUT2D eigenvalue weighted by atomic mass is 10.2. The van der Waals surface area contributed by atoms with E-state index in [1.54, 1.807) is 43.3 Å². The number of rotatable bonds is 4. The average molecular weight is 408 g/mol. The van der Waals surface area contributed by atoms with Crippen molar-refractivity contribution in [3.63, 3.8) is 0 Å². The molecule has 0 aliphatic carbocycles. The van der Waals surface area contributed by atoms with Crippen LogP contribution in [0.3, 0.4) is 0 Å². The van der Waals surface area contributed by atoms with E-state index < -0.39 is 15.9 Å². The second kappa shape index (κ2) is 6.89. The van der Waals surface area contributed by atoms with Gasteiger partial charge in [0, 0.05) is 48.2 Å². The number of fused-ring (bicyclic) bond motifs is 2. The maximum Gasteiger partial charge on any atom is 0.284 e. The number of para-hydroxylation sites is 1. The van der Waals surface area contributed by atoms with Gasteiger partial charge in [0.15, 0.2) is 0 Å². The van der Waals surface area contributed by atoms with Crippen molar-refractivity contribution >= 4 is 43.5 Å². The lowest BCUT2D eigenvalue weighted by Gasteiger charge is -2.11. The summed E-state index contributed by atoms with van der Waals surface area (Å²) in [4.78, 5) is 6.09. The van der Waals surface area contributed by atoms with Gasteiger partial charge in [-0.3, -0.25) is 4.98 Å². The molecule has 29 heavy (non-hydrogen) atoms. The molecular weight excluding hydrogens is 390 g/mol. The van der Waals surface area contributed by atoms with E-state index in [1.807, 2.05) is 25.1 Å². The van der Waals surface area contributed by atoms with E-state index >= 15 is 0 Å². The predicted octanol–water partition coefficient (Wildman–Crippen LogP) is 2.85. The Morgan fingerprint density at radius 1 is 1.07 bits per heavy atom. The Hall–Kier alpha value is -3.39. The second-order valence-corrected chi connectivity index (χ2v) is 8.45. The Morgan fingerprint density at radius 3 is 2.59 bits per heavy atom. The number of benzene rings is 2. The lowest BCUT2D eigenvalue weighted by molar-refractivity contribution is -0.213. The van der Waals surface area contributed by atoms with Gasteiger partial charge in [0.2, 0.25) is 0 Å². The van der Waals surface area contributed by atoms with Gasteiger partial charge < -0.3 is 14.4 Å². The van der Waals surface area contributed by atoms with Crippen LogP contribution in [0.25, 0.3) is 21.9 Å². The Balaban J connectivity index is 1.79. The van der Waals surface area contributed by atoms with Crippen molar-refractivity contribution in [1.29, 1.82) is 0 Å². The van der Waals surface area contributed by atoms with Crippen LogP contribution in [0.4, 0.5) is 5.69 Å². The summed E-state index contributed by atoms with van der Waals surface area (Å²) < 4.78 is 34.7. The highest BCUT2D eigenvalue weighted by atomic mass is 32.2. The van der Waals surface area contributed by atoms with Crippen LogP contribution in [0.1, 0.15) is 11.5 Å². The van der Waals surface area contributed by atoms with Crippen LogP contribution in [-0.2, 0) is 10.0 Å². The molecule has 0 fully saturated rings. The first-order chi connectivity index (χ1) is 13.7. The number of anilines is 1. The topological polar surface area (TPSA) is 98.8 Å². The summed E-state index contributed by atoms with van der Waals surface area (Å²) in [5.74, 6) is -1.10. The molecule has 0 saturated carbocycles.